The normalized spacial score (nSPS) is 11.8. The van der Waals surface area contributed by atoms with Crippen LogP contribution < -0.4 is 10.1 Å². The summed E-state index contributed by atoms with van der Waals surface area (Å²) >= 11 is 0. The minimum Gasteiger partial charge on any atom is -0.494 e. The predicted molar refractivity (Wildman–Crippen MR) is 89.3 cm³/mol. The third-order valence-electron chi connectivity index (χ3n) is 3.51. The Kier molecular flexibility index (Phi) is 5.59. The van der Waals surface area contributed by atoms with Gasteiger partial charge >= 0.3 is 0 Å². The molecular formula is C19H23NO2. The fourth-order valence-electron chi connectivity index (χ4n) is 2.14. The van der Waals surface area contributed by atoms with Crippen molar-refractivity contribution < 1.29 is 9.53 Å². The van der Waals surface area contributed by atoms with Crippen molar-refractivity contribution in [3.63, 3.8) is 0 Å². The van der Waals surface area contributed by atoms with Crippen LogP contribution in [0.3, 0.4) is 0 Å². The average Bonchev–Trinajstić information content (AvgIpc) is 2.54. The van der Waals surface area contributed by atoms with E-state index < -0.39 is 0 Å². The van der Waals surface area contributed by atoms with Gasteiger partial charge in [0.2, 0.25) is 0 Å². The second kappa shape index (κ2) is 7.64. The molecule has 0 heterocycles. The molecule has 0 aliphatic rings. The number of aryl methyl sites for hydroxylation is 1. The van der Waals surface area contributed by atoms with Crippen molar-refractivity contribution in [3.8, 4) is 5.75 Å². The third kappa shape index (κ3) is 4.35. The molecule has 0 aromatic heterocycles. The van der Waals surface area contributed by atoms with Crippen molar-refractivity contribution in [2.75, 3.05) is 6.61 Å². The molecule has 1 unspecified atom stereocenters. The molecule has 0 saturated heterocycles. The summed E-state index contributed by atoms with van der Waals surface area (Å²) in [7, 11) is 0. The lowest BCUT2D eigenvalue weighted by molar-refractivity contribution is 0.0940. The summed E-state index contributed by atoms with van der Waals surface area (Å²) in [6.45, 7) is 6.79. The lowest BCUT2D eigenvalue weighted by Crippen LogP contribution is -2.26. The SMILES string of the molecule is CCCOc1ccc(C(=O)NC(C)c2ccc(C)cc2)cc1. The average molecular weight is 297 g/mol. The Balaban J connectivity index is 1.97. The standard InChI is InChI=1S/C19H23NO2/c1-4-13-22-18-11-9-17(10-12-18)19(21)20-15(3)16-7-5-14(2)6-8-16/h5-12,15H,4,13H2,1-3H3,(H,20,21). The lowest BCUT2D eigenvalue weighted by Gasteiger charge is -2.15. The molecule has 1 amide bonds. The molecule has 22 heavy (non-hydrogen) atoms. The molecular weight excluding hydrogens is 274 g/mol. The molecule has 116 valence electrons. The zero-order chi connectivity index (χ0) is 15.9. The molecule has 3 nitrogen and oxygen atoms in total. The summed E-state index contributed by atoms with van der Waals surface area (Å²) < 4.78 is 5.52. The first-order chi connectivity index (χ1) is 10.6. The fraction of sp³-hybridized carbons (Fsp3) is 0.316. The maximum absolute atomic E-state index is 12.3. The highest BCUT2D eigenvalue weighted by Gasteiger charge is 2.11. The van der Waals surface area contributed by atoms with Crippen LogP contribution in [-0.4, -0.2) is 12.5 Å². The summed E-state index contributed by atoms with van der Waals surface area (Å²) in [4.78, 5) is 12.3. The van der Waals surface area contributed by atoms with E-state index in [0.29, 0.717) is 12.2 Å². The van der Waals surface area contributed by atoms with Gasteiger partial charge in [0, 0.05) is 5.56 Å². The first-order valence-electron chi connectivity index (χ1n) is 7.70. The van der Waals surface area contributed by atoms with E-state index in [9.17, 15) is 4.79 Å². The molecule has 0 bridgehead atoms. The number of carbonyl (C=O) groups excluding carboxylic acids is 1. The van der Waals surface area contributed by atoms with Crippen molar-refractivity contribution in [2.45, 2.75) is 33.2 Å². The third-order valence-corrected chi connectivity index (χ3v) is 3.51. The van der Waals surface area contributed by atoms with Gasteiger partial charge in [0.1, 0.15) is 5.75 Å². The van der Waals surface area contributed by atoms with Crippen LogP contribution in [0.1, 0.15) is 47.8 Å². The number of amides is 1. The van der Waals surface area contributed by atoms with E-state index in [0.717, 1.165) is 17.7 Å². The summed E-state index contributed by atoms with van der Waals surface area (Å²) in [6, 6.07) is 15.4. The Labute approximate surface area is 132 Å². The number of nitrogens with one attached hydrogen (secondary N) is 1. The monoisotopic (exact) mass is 297 g/mol. The Morgan fingerprint density at radius 1 is 1.09 bits per heavy atom. The highest BCUT2D eigenvalue weighted by Crippen LogP contribution is 2.16. The highest BCUT2D eigenvalue weighted by molar-refractivity contribution is 5.94. The first kappa shape index (κ1) is 16.1. The van der Waals surface area contributed by atoms with Crippen LogP contribution in [0.5, 0.6) is 5.75 Å². The topological polar surface area (TPSA) is 38.3 Å². The van der Waals surface area contributed by atoms with Crippen LogP contribution in [0.2, 0.25) is 0 Å². The second-order valence-electron chi connectivity index (χ2n) is 5.48. The largest absolute Gasteiger partial charge is 0.494 e. The van der Waals surface area contributed by atoms with Gasteiger partial charge in [-0.1, -0.05) is 36.8 Å². The number of benzene rings is 2. The van der Waals surface area contributed by atoms with Gasteiger partial charge < -0.3 is 10.1 Å². The van der Waals surface area contributed by atoms with Crippen molar-refractivity contribution in [2.24, 2.45) is 0 Å². The van der Waals surface area contributed by atoms with Crippen LogP contribution in [0.4, 0.5) is 0 Å². The van der Waals surface area contributed by atoms with Gasteiger partial charge in [-0.3, -0.25) is 4.79 Å². The van der Waals surface area contributed by atoms with Gasteiger partial charge in [-0.05, 0) is 50.1 Å². The van der Waals surface area contributed by atoms with Crippen LogP contribution in [-0.2, 0) is 0 Å². The Morgan fingerprint density at radius 3 is 2.32 bits per heavy atom. The van der Waals surface area contributed by atoms with E-state index in [-0.39, 0.29) is 11.9 Å². The van der Waals surface area contributed by atoms with E-state index in [4.69, 9.17) is 4.74 Å². The summed E-state index contributed by atoms with van der Waals surface area (Å²) in [5, 5.41) is 3.01. The number of carbonyl (C=O) groups is 1. The number of hydrogen-bond donors (Lipinski definition) is 1. The maximum atomic E-state index is 12.3. The van der Waals surface area contributed by atoms with Gasteiger partial charge in [0.25, 0.3) is 5.91 Å². The van der Waals surface area contributed by atoms with Crippen molar-refractivity contribution >= 4 is 5.91 Å². The number of rotatable bonds is 6. The second-order valence-corrected chi connectivity index (χ2v) is 5.48. The van der Waals surface area contributed by atoms with Gasteiger partial charge in [0.05, 0.1) is 12.6 Å². The molecule has 0 aliphatic carbocycles. The van der Waals surface area contributed by atoms with Crippen molar-refractivity contribution in [1.29, 1.82) is 0 Å². The van der Waals surface area contributed by atoms with Crippen molar-refractivity contribution in [1.82, 2.24) is 5.32 Å². The first-order valence-corrected chi connectivity index (χ1v) is 7.70. The maximum Gasteiger partial charge on any atom is 0.251 e. The Morgan fingerprint density at radius 2 is 1.73 bits per heavy atom. The van der Waals surface area contributed by atoms with Crippen molar-refractivity contribution in [3.05, 3.63) is 65.2 Å². The zero-order valence-electron chi connectivity index (χ0n) is 13.4. The van der Waals surface area contributed by atoms with Crippen LogP contribution >= 0.6 is 0 Å². The molecule has 2 aromatic rings. The molecule has 0 fully saturated rings. The van der Waals surface area contributed by atoms with Gasteiger partial charge in [0.15, 0.2) is 0 Å². The highest BCUT2D eigenvalue weighted by atomic mass is 16.5. The summed E-state index contributed by atoms with van der Waals surface area (Å²) in [5.41, 5.74) is 2.95. The molecule has 2 rings (SSSR count). The Hall–Kier alpha value is -2.29. The van der Waals surface area contributed by atoms with E-state index in [1.54, 1.807) is 12.1 Å². The van der Waals surface area contributed by atoms with Crippen LogP contribution in [0, 0.1) is 6.92 Å². The lowest BCUT2D eigenvalue weighted by atomic mass is 10.1. The molecule has 0 spiro atoms. The minimum atomic E-state index is -0.0740. The van der Waals surface area contributed by atoms with Crippen LogP contribution in [0.15, 0.2) is 48.5 Å². The van der Waals surface area contributed by atoms with Gasteiger partial charge in [-0.25, -0.2) is 0 Å². The quantitative estimate of drug-likeness (QED) is 0.864. The summed E-state index contributed by atoms with van der Waals surface area (Å²) in [6.07, 6.45) is 0.969. The zero-order valence-corrected chi connectivity index (χ0v) is 13.4. The van der Waals surface area contributed by atoms with Crippen LogP contribution in [0.25, 0.3) is 0 Å². The molecule has 0 radical (unpaired) electrons. The minimum absolute atomic E-state index is 0.0240. The van der Waals surface area contributed by atoms with Gasteiger partial charge in [-0.2, -0.15) is 0 Å². The predicted octanol–water partition coefficient (Wildman–Crippen LogP) is 4.27. The molecule has 0 saturated carbocycles. The molecule has 2 aromatic carbocycles. The smallest absolute Gasteiger partial charge is 0.251 e. The Bertz CT molecular complexity index is 602. The van der Waals surface area contributed by atoms with E-state index in [1.165, 1.54) is 5.56 Å². The molecule has 0 aliphatic heterocycles. The fourth-order valence-corrected chi connectivity index (χ4v) is 2.14. The van der Waals surface area contributed by atoms with E-state index >= 15 is 0 Å². The van der Waals surface area contributed by atoms with Gasteiger partial charge in [-0.15, -0.1) is 0 Å². The molecule has 3 heteroatoms. The molecule has 1 atom stereocenters. The van der Waals surface area contributed by atoms with E-state index in [1.807, 2.05) is 31.2 Å². The van der Waals surface area contributed by atoms with E-state index in [2.05, 4.69) is 31.3 Å². The number of hydrogen-bond acceptors (Lipinski definition) is 2. The molecule has 1 N–H and O–H groups in total. The number of ether oxygens (including phenoxy) is 1. The summed E-state index contributed by atoms with van der Waals surface area (Å²) in [5.74, 6) is 0.722.